The number of rotatable bonds is 9. The summed E-state index contributed by atoms with van der Waals surface area (Å²) in [6.45, 7) is 4.46. The summed E-state index contributed by atoms with van der Waals surface area (Å²) in [5.41, 5.74) is 1.55. The Hall–Kier alpha value is -4.53. The van der Waals surface area contributed by atoms with E-state index < -0.39 is 28.4 Å². The average molecular weight is 502 g/mol. The first-order chi connectivity index (χ1) is 17.8. The second kappa shape index (κ2) is 11.0. The molecular formula is C28H27N3O6. The molecule has 3 aromatic rings. The second-order valence-electron chi connectivity index (χ2n) is 8.85. The van der Waals surface area contributed by atoms with Gasteiger partial charge in [-0.3, -0.25) is 19.7 Å². The minimum Gasteiger partial charge on any atom is -0.872 e. The minimum absolute atomic E-state index is 0.0370. The van der Waals surface area contributed by atoms with Crippen molar-refractivity contribution in [2.45, 2.75) is 39.3 Å². The van der Waals surface area contributed by atoms with Crippen molar-refractivity contribution in [1.82, 2.24) is 4.90 Å². The van der Waals surface area contributed by atoms with E-state index in [1.54, 1.807) is 55.7 Å². The van der Waals surface area contributed by atoms with Crippen LogP contribution in [0.1, 0.15) is 48.1 Å². The van der Waals surface area contributed by atoms with E-state index in [2.05, 4.69) is 11.9 Å². The quantitative estimate of drug-likeness (QED) is 0.111. The van der Waals surface area contributed by atoms with Crippen LogP contribution >= 0.6 is 0 Å². The Morgan fingerprint density at radius 1 is 1.14 bits per heavy atom. The number of nitro benzene ring substituents is 1. The third-order valence-electron chi connectivity index (χ3n) is 6.24. The molecule has 1 aliphatic heterocycles. The molecule has 1 fully saturated rings. The molecule has 0 spiro atoms. The molecule has 0 aliphatic carbocycles. The number of hydrogen-bond acceptors (Lipinski definition) is 6. The summed E-state index contributed by atoms with van der Waals surface area (Å²) < 4.78 is 5.77. The van der Waals surface area contributed by atoms with E-state index in [4.69, 9.17) is 4.74 Å². The van der Waals surface area contributed by atoms with Crippen LogP contribution in [0.25, 0.3) is 5.76 Å². The van der Waals surface area contributed by atoms with Gasteiger partial charge in [0.2, 0.25) is 5.78 Å². The topological polar surface area (TPSA) is 127 Å². The number of ether oxygens (including phenoxy) is 1. The van der Waals surface area contributed by atoms with Crippen molar-refractivity contribution in [2.24, 2.45) is 0 Å². The SMILES string of the molecule is CCCCOc1ccc(C([O-])=C2C(=O)C(=O)N(Cc3ccc[nH+]c3)C2c2cccc([N+](=O)[O-])c2)cc1C. The number of nitrogens with one attached hydrogen (secondary N) is 1. The number of hydrogen-bond donors (Lipinski definition) is 0. The van der Waals surface area contributed by atoms with Gasteiger partial charge in [0.25, 0.3) is 11.6 Å². The summed E-state index contributed by atoms with van der Waals surface area (Å²) in [5.74, 6) is -1.71. The molecule has 2 aromatic carbocycles. The number of H-pyrrole nitrogens is 1. The minimum atomic E-state index is -1.08. The molecule has 4 rings (SSSR count). The molecule has 1 unspecified atom stereocenters. The van der Waals surface area contributed by atoms with Crippen LogP contribution in [-0.2, 0) is 16.1 Å². The monoisotopic (exact) mass is 501 g/mol. The van der Waals surface area contributed by atoms with Gasteiger partial charge in [0.1, 0.15) is 5.75 Å². The maximum atomic E-state index is 13.7. The smallest absolute Gasteiger partial charge is 0.295 e. The highest BCUT2D eigenvalue weighted by molar-refractivity contribution is 6.46. The summed E-state index contributed by atoms with van der Waals surface area (Å²) in [5, 5.41) is 25.1. The highest BCUT2D eigenvalue weighted by Gasteiger charge is 2.44. The fraction of sp³-hybridized carbons (Fsp3) is 0.250. The first-order valence-electron chi connectivity index (χ1n) is 12.0. The summed E-state index contributed by atoms with van der Waals surface area (Å²) in [7, 11) is 0. The van der Waals surface area contributed by atoms with Crippen LogP contribution in [0.3, 0.4) is 0 Å². The fourth-order valence-corrected chi connectivity index (χ4v) is 4.35. The summed E-state index contributed by atoms with van der Waals surface area (Å²) in [6.07, 6.45) is 5.27. The zero-order valence-electron chi connectivity index (χ0n) is 20.6. The lowest BCUT2D eigenvalue weighted by atomic mass is 9.94. The molecule has 1 aromatic heterocycles. The van der Waals surface area contributed by atoms with Gasteiger partial charge < -0.3 is 14.7 Å². The highest BCUT2D eigenvalue weighted by atomic mass is 16.6. The number of carbonyl (C=O) groups is 2. The highest BCUT2D eigenvalue weighted by Crippen LogP contribution is 2.40. The number of non-ortho nitro benzene ring substituents is 1. The lowest BCUT2D eigenvalue weighted by Crippen LogP contribution is -2.29. The number of likely N-dealkylation sites (tertiary alicyclic amines) is 1. The van der Waals surface area contributed by atoms with Gasteiger partial charge in [-0.25, -0.2) is 4.98 Å². The predicted molar refractivity (Wildman–Crippen MR) is 133 cm³/mol. The lowest BCUT2D eigenvalue weighted by molar-refractivity contribution is -0.385. The zero-order valence-corrected chi connectivity index (χ0v) is 20.6. The molecule has 1 aliphatic rings. The lowest BCUT2D eigenvalue weighted by Gasteiger charge is -2.27. The molecule has 1 amide bonds. The van der Waals surface area contributed by atoms with Crippen molar-refractivity contribution in [3.8, 4) is 5.75 Å². The molecular weight excluding hydrogens is 474 g/mol. The van der Waals surface area contributed by atoms with E-state index in [9.17, 15) is 24.8 Å². The van der Waals surface area contributed by atoms with E-state index in [0.29, 0.717) is 23.5 Å². The molecule has 37 heavy (non-hydrogen) atoms. The van der Waals surface area contributed by atoms with Crippen LogP contribution in [0.15, 0.2) is 72.6 Å². The first kappa shape index (κ1) is 25.6. The number of aromatic amines is 1. The van der Waals surface area contributed by atoms with Crippen molar-refractivity contribution in [2.75, 3.05) is 6.61 Å². The van der Waals surface area contributed by atoms with Crippen LogP contribution in [0.4, 0.5) is 5.69 Å². The van der Waals surface area contributed by atoms with Gasteiger partial charge in [0, 0.05) is 29.3 Å². The molecule has 0 saturated carbocycles. The molecule has 1 N–H and O–H groups in total. The number of nitrogens with zero attached hydrogens (tertiary/aromatic N) is 2. The van der Waals surface area contributed by atoms with Crippen LogP contribution in [-0.4, -0.2) is 28.1 Å². The Kier molecular flexibility index (Phi) is 7.62. The Labute approximate surface area is 214 Å². The number of unbranched alkanes of at least 4 members (excludes halogenated alkanes) is 1. The van der Waals surface area contributed by atoms with Gasteiger partial charge >= 0.3 is 0 Å². The number of benzene rings is 2. The number of pyridine rings is 1. The predicted octanol–water partition coefficient (Wildman–Crippen LogP) is 3.32. The van der Waals surface area contributed by atoms with Crippen molar-refractivity contribution in [1.29, 1.82) is 0 Å². The molecule has 0 radical (unpaired) electrons. The van der Waals surface area contributed by atoms with E-state index in [0.717, 1.165) is 18.4 Å². The van der Waals surface area contributed by atoms with Crippen LogP contribution in [0.2, 0.25) is 0 Å². The number of Topliss-reactive ketones (excluding diaryl/α,β-unsaturated/α-hetero) is 1. The van der Waals surface area contributed by atoms with Gasteiger partial charge in [-0.2, -0.15) is 0 Å². The van der Waals surface area contributed by atoms with Gasteiger partial charge in [0.05, 0.1) is 24.1 Å². The van der Waals surface area contributed by atoms with Crippen molar-refractivity contribution < 1.29 is 29.3 Å². The normalized spacial score (nSPS) is 16.7. The molecule has 190 valence electrons. The number of aryl methyl sites for hydroxylation is 1. The number of ketones is 1. The Balaban J connectivity index is 1.81. The number of carbonyl (C=O) groups excluding carboxylic acids is 2. The van der Waals surface area contributed by atoms with Gasteiger partial charge in [-0.05, 0) is 48.2 Å². The molecule has 9 nitrogen and oxygen atoms in total. The Morgan fingerprint density at radius 3 is 2.62 bits per heavy atom. The number of nitro groups is 1. The zero-order chi connectivity index (χ0) is 26.5. The Bertz CT molecular complexity index is 1370. The van der Waals surface area contributed by atoms with Crippen LogP contribution < -0.4 is 14.8 Å². The first-order valence-corrected chi connectivity index (χ1v) is 12.0. The maximum Gasteiger partial charge on any atom is 0.295 e. The third-order valence-corrected chi connectivity index (χ3v) is 6.24. The van der Waals surface area contributed by atoms with E-state index >= 15 is 0 Å². The summed E-state index contributed by atoms with van der Waals surface area (Å²) in [4.78, 5) is 41.5. The molecule has 1 saturated heterocycles. The van der Waals surface area contributed by atoms with Gasteiger partial charge in [-0.1, -0.05) is 37.3 Å². The molecule has 2 heterocycles. The third kappa shape index (κ3) is 5.35. The van der Waals surface area contributed by atoms with E-state index in [1.807, 2.05) is 0 Å². The molecule has 1 atom stereocenters. The molecule has 9 heteroatoms. The maximum absolute atomic E-state index is 13.7. The van der Waals surface area contributed by atoms with E-state index in [1.165, 1.54) is 23.1 Å². The van der Waals surface area contributed by atoms with Crippen LogP contribution in [0.5, 0.6) is 5.75 Å². The summed E-state index contributed by atoms with van der Waals surface area (Å²) in [6, 6.07) is 13.0. The van der Waals surface area contributed by atoms with Gasteiger partial charge in [-0.15, -0.1) is 0 Å². The largest absolute Gasteiger partial charge is 0.872 e. The average Bonchev–Trinajstić information content (AvgIpc) is 3.15. The van der Waals surface area contributed by atoms with Crippen LogP contribution in [0, 0.1) is 17.0 Å². The van der Waals surface area contributed by atoms with Crippen molar-refractivity contribution >= 4 is 23.1 Å². The Morgan fingerprint density at radius 2 is 1.95 bits per heavy atom. The second-order valence-corrected chi connectivity index (χ2v) is 8.85. The number of amides is 1. The van der Waals surface area contributed by atoms with Crippen molar-refractivity contribution in [3.63, 3.8) is 0 Å². The standard InChI is InChI=1S/C28H27N3O6/c1-3-4-13-37-23-11-10-21(14-18(23)2)26(32)24-25(20-8-5-9-22(15-20)31(35)36)30(28(34)27(24)33)17-19-7-6-12-29-16-19/h5-12,14-16,25,32H,3-4,13,17H2,1-2H3. The fourth-order valence-electron chi connectivity index (χ4n) is 4.35. The van der Waals surface area contributed by atoms with Crippen molar-refractivity contribution in [3.05, 3.63) is 105 Å². The number of aromatic nitrogens is 1. The summed E-state index contributed by atoms with van der Waals surface area (Å²) >= 11 is 0. The molecule has 0 bridgehead atoms. The van der Waals surface area contributed by atoms with E-state index in [-0.39, 0.29) is 23.4 Å². The van der Waals surface area contributed by atoms with Gasteiger partial charge in [0.15, 0.2) is 12.4 Å².